The second kappa shape index (κ2) is 8.33. The fourth-order valence-corrected chi connectivity index (χ4v) is 3.21. The van der Waals surface area contributed by atoms with Crippen LogP contribution in [0.2, 0.25) is 0 Å². The number of nitrogens with zero attached hydrogens (tertiary/aromatic N) is 3. The van der Waals surface area contributed by atoms with Crippen LogP contribution in [0.3, 0.4) is 0 Å². The van der Waals surface area contributed by atoms with E-state index in [0.717, 1.165) is 24.4 Å². The standard InChI is InChI=1S/C21H23N3O3/c1-2-25-18-10-8-17(9-11-18)21-22-20(27-23-21)15-24-12-13-26-19(14-24)16-6-4-3-5-7-16/h3-11,19H,2,12-15H2,1H3. The summed E-state index contributed by atoms with van der Waals surface area (Å²) in [5.74, 6) is 2.05. The zero-order valence-electron chi connectivity index (χ0n) is 15.4. The van der Waals surface area contributed by atoms with E-state index in [9.17, 15) is 0 Å². The number of aromatic nitrogens is 2. The van der Waals surface area contributed by atoms with Gasteiger partial charge in [-0.25, -0.2) is 0 Å². The molecule has 4 rings (SSSR count). The third-order valence-corrected chi connectivity index (χ3v) is 4.57. The van der Waals surface area contributed by atoms with Crippen molar-refractivity contribution < 1.29 is 14.0 Å². The Labute approximate surface area is 158 Å². The van der Waals surface area contributed by atoms with Crippen molar-refractivity contribution in [3.63, 3.8) is 0 Å². The molecule has 3 aromatic rings. The first-order chi connectivity index (χ1) is 13.3. The molecule has 2 aromatic carbocycles. The minimum absolute atomic E-state index is 0.0773. The lowest BCUT2D eigenvalue weighted by Crippen LogP contribution is -2.37. The van der Waals surface area contributed by atoms with Gasteiger partial charge < -0.3 is 14.0 Å². The smallest absolute Gasteiger partial charge is 0.241 e. The van der Waals surface area contributed by atoms with Gasteiger partial charge in [0.05, 0.1) is 25.9 Å². The van der Waals surface area contributed by atoms with Gasteiger partial charge in [0.25, 0.3) is 0 Å². The van der Waals surface area contributed by atoms with E-state index in [0.29, 0.717) is 31.5 Å². The number of ether oxygens (including phenoxy) is 2. The molecular formula is C21H23N3O3. The molecular weight excluding hydrogens is 342 g/mol. The molecule has 0 spiro atoms. The molecule has 0 saturated carbocycles. The molecule has 1 atom stereocenters. The van der Waals surface area contributed by atoms with Gasteiger partial charge in [-0.05, 0) is 36.8 Å². The average Bonchev–Trinajstić information content (AvgIpc) is 3.18. The maximum Gasteiger partial charge on any atom is 0.241 e. The average molecular weight is 365 g/mol. The Morgan fingerprint density at radius 1 is 1.11 bits per heavy atom. The third kappa shape index (κ3) is 4.35. The first-order valence-electron chi connectivity index (χ1n) is 9.26. The molecule has 0 radical (unpaired) electrons. The van der Waals surface area contributed by atoms with E-state index in [1.807, 2.05) is 49.4 Å². The number of morpholine rings is 1. The number of rotatable bonds is 6. The Morgan fingerprint density at radius 2 is 1.93 bits per heavy atom. The van der Waals surface area contributed by atoms with Crippen LogP contribution in [0.25, 0.3) is 11.4 Å². The highest BCUT2D eigenvalue weighted by molar-refractivity contribution is 5.55. The highest BCUT2D eigenvalue weighted by Crippen LogP contribution is 2.24. The third-order valence-electron chi connectivity index (χ3n) is 4.57. The van der Waals surface area contributed by atoms with Gasteiger partial charge in [0, 0.05) is 18.7 Å². The van der Waals surface area contributed by atoms with Gasteiger partial charge in [-0.1, -0.05) is 35.5 Å². The van der Waals surface area contributed by atoms with Crippen LogP contribution in [0.1, 0.15) is 24.5 Å². The fourth-order valence-electron chi connectivity index (χ4n) is 3.21. The zero-order valence-corrected chi connectivity index (χ0v) is 15.4. The summed E-state index contributed by atoms with van der Waals surface area (Å²) >= 11 is 0. The molecule has 1 saturated heterocycles. The van der Waals surface area contributed by atoms with Crippen molar-refractivity contribution in [3.05, 3.63) is 66.1 Å². The highest BCUT2D eigenvalue weighted by atomic mass is 16.5. The Morgan fingerprint density at radius 3 is 2.70 bits per heavy atom. The van der Waals surface area contributed by atoms with E-state index in [-0.39, 0.29) is 6.10 Å². The van der Waals surface area contributed by atoms with Crippen molar-refractivity contribution in [1.82, 2.24) is 15.0 Å². The maximum absolute atomic E-state index is 5.92. The Kier molecular flexibility index (Phi) is 5.46. The van der Waals surface area contributed by atoms with Crippen LogP contribution in [0.4, 0.5) is 0 Å². The van der Waals surface area contributed by atoms with Crippen LogP contribution in [0.15, 0.2) is 59.1 Å². The molecule has 0 amide bonds. The van der Waals surface area contributed by atoms with Crippen molar-refractivity contribution in [1.29, 1.82) is 0 Å². The Hall–Kier alpha value is -2.70. The second-order valence-corrected chi connectivity index (χ2v) is 6.47. The van der Waals surface area contributed by atoms with E-state index in [1.54, 1.807) is 0 Å². The second-order valence-electron chi connectivity index (χ2n) is 6.47. The molecule has 1 aromatic heterocycles. The van der Waals surface area contributed by atoms with Gasteiger partial charge in [-0.3, -0.25) is 4.90 Å². The molecule has 2 heterocycles. The summed E-state index contributed by atoms with van der Waals surface area (Å²) in [5.41, 5.74) is 2.11. The number of benzene rings is 2. The van der Waals surface area contributed by atoms with Crippen molar-refractivity contribution in [2.75, 3.05) is 26.3 Å². The monoisotopic (exact) mass is 365 g/mol. The normalized spacial score (nSPS) is 17.7. The lowest BCUT2D eigenvalue weighted by atomic mass is 10.1. The van der Waals surface area contributed by atoms with Gasteiger partial charge in [0.15, 0.2) is 0 Å². The first-order valence-corrected chi connectivity index (χ1v) is 9.26. The summed E-state index contributed by atoms with van der Waals surface area (Å²) in [6.07, 6.45) is 0.0773. The lowest BCUT2D eigenvalue weighted by Gasteiger charge is -2.32. The predicted octanol–water partition coefficient (Wildman–Crippen LogP) is 3.71. The lowest BCUT2D eigenvalue weighted by molar-refractivity contribution is -0.0355. The number of hydrogen-bond donors (Lipinski definition) is 0. The Balaban J connectivity index is 1.40. The Bertz CT molecular complexity index is 849. The summed E-state index contributed by atoms with van der Waals surface area (Å²) < 4.78 is 16.8. The van der Waals surface area contributed by atoms with Crippen molar-refractivity contribution in [3.8, 4) is 17.1 Å². The summed E-state index contributed by atoms with van der Waals surface area (Å²) in [4.78, 5) is 6.84. The number of hydrogen-bond acceptors (Lipinski definition) is 6. The molecule has 0 bridgehead atoms. The van der Waals surface area contributed by atoms with E-state index in [4.69, 9.17) is 14.0 Å². The largest absolute Gasteiger partial charge is 0.494 e. The fraction of sp³-hybridized carbons (Fsp3) is 0.333. The predicted molar refractivity (Wildman–Crippen MR) is 101 cm³/mol. The topological polar surface area (TPSA) is 60.6 Å². The minimum atomic E-state index is 0.0773. The van der Waals surface area contributed by atoms with E-state index in [1.165, 1.54) is 5.56 Å². The van der Waals surface area contributed by atoms with Crippen molar-refractivity contribution in [2.45, 2.75) is 19.6 Å². The van der Waals surface area contributed by atoms with Crippen LogP contribution in [-0.2, 0) is 11.3 Å². The van der Waals surface area contributed by atoms with E-state index in [2.05, 4.69) is 27.2 Å². The van der Waals surface area contributed by atoms with Gasteiger partial charge in [0.1, 0.15) is 5.75 Å². The minimum Gasteiger partial charge on any atom is -0.494 e. The van der Waals surface area contributed by atoms with E-state index < -0.39 is 0 Å². The molecule has 6 nitrogen and oxygen atoms in total. The van der Waals surface area contributed by atoms with Crippen molar-refractivity contribution in [2.24, 2.45) is 0 Å². The van der Waals surface area contributed by atoms with Crippen LogP contribution in [0.5, 0.6) is 5.75 Å². The summed E-state index contributed by atoms with van der Waals surface area (Å²) in [6, 6.07) is 18.0. The maximum atomic E-state index is 5.92. The van der Waals surface area contributed by atoms with Gasteiger partial charge in [-0.15, -0.1) is 0 Å². The molecule has 1 aliphatic heterocycles. The van der Waals surface area contributed by atoms with Crippen LogP contribution in [0, 0.1) is 0 Å². The van der Waals surface area contributed by atoms with Crippen LogP contribution >= 0.6 is 0 Å². The van der Waals surface area contributed by atoms with Crippen molar-refractivity contribution >= 4 is 0 Å². The molecule has 1 fully saturated rings. The summed E-state index contributed by atoms with van der Waals surface area (Å²) in [7, 11) is 0. The van der Waals surface area contributed by atoms with Crippen LogP contribution in [-0.4, -0.2) is 41.3 Å². The molecule has 0 aliphatic carbocycles. The zero-order chi connectivity index (χ0) is 18.5. The molecule has 1 unspecified atom stereocenters. The molecule has 0 N–H and O–H groups in total. The quantitative estimate of drug-likeness (QED) is 0.664. The van der Waals surface area contributed by atoms with Crippen LogP contribution < -0.4 is 4.74 Å². The molecule has 6 heteroatoms. The summed E-state index contributed by atoms with van der Waals surface area (Å²) in [6.45, 7) is 5.59. The van der Waals surface area contributed by atoms with Gasteiger partial charge in [0.2, 0.25) is 11.7 Å². The SMILES string of the molecule is CCOc1ccc(-c2noc(CN3CCOC(c4ccccc4)C3)n2)cc1. The first kappa shape index (κ1) is 17.7. The molecule has 1 aliphatic rings. The van der Waals surface area contributed by atoms with Gasteiger partial charge in [-0.2, -0.15) is 4.98 Å². The van der Waals surface area contributed by atoms with E-state index >= 15 is 0 Å². The highest BCUT2D eigenvalue weighted by Gasteiger charge is 2.23. The van der Waals surface area contributed by atoms with Gasteiger partial charge >= 0.3 is 0 Å². The molecule has 140 valence electrons. The summed E-state index contributed by atoms with van der Waals surface area (Å²) in [5, 5.41) is 4.12. The molecule has 27 heavy (non-hydrogen) atoms.